The fourth-order valence-corrected chi connectivity index (χ4v) is 3.49. The lowest BCUT2D eigenvalue weighted by Gasteiger charge is -2.25. The van der Waals surface area contributed by atoms with Gasteiger partial charge in [0.15, 0.2) is 11.7 Å². The number of hydrazine groups is 1. The highest BCUT2D eigenvalue weighted by molar-refractivity contribution is 7.17. The van der Waals surface area contributed by atoms with Gasteiger partial charge in [0.2, 0.25) is 5.88 Å². The number of hydrogen-bond acceptors (Lipinski definition) is 8. The Kier molecular flexibility index (Phi) is 6.72. The summed E-state index contributed by atoms with van der Waals surface area (Å²) in [6.45, 7) is 2.75. The van der Waals surface area contributed by atoms with Crippen LogP contribution in [0.4, 0.5) is 18.3 Å². The first-order chi connectivity index (χ1) is 14.2. The van der Waals surface area contributed by atoms with Gasteiger partial charge in [-0.1, -0.05) is 11.3 Å². The van der Waals surface area contributed by atoms with Crippen molar-refractivity contribution in [1.82, 2.24) is 20.8 Å². The number of nitrogens with zero attached hydrogens (tertiary/aromatic N) is 3. The van der Waals surface area contributed by atoms with Gasteiger partial charge >= 0.3 is 6.18 Å². The van der Waals surface area contributed by atoms with Gasteiger partial charge < -0.3 is 14.4 Å². The highest BCUT2D eigenvalue weighted by atomic mass is 32.1. The Morgan fingerprint density at radius 3 is 2.57 bits per heavy atom. The van der Waals surface area contributed by atoms with Crippen LogP contribution in [0, 0.1) is 6.92 Å². The van der Waals surface area contributed by atoms with Crippen LogP contribution in [0.5, 0.6) is 5.88 Å². The molecule has 2 aromatic heterocycles. The van der Waals surface area contributed by atoms with Crippen molar-refractivity contribution in [1.29, 1.82) is 0 Å². The predicted molar refractivity (Wildman–Crippen MR) is 101 cm³/mol. The second-order valence-corrected chi connectivity index (χ2v) is 7.19. The molecule has 2 aromatic rings. The monoisotopic (exact) mass is 445 g/mol. The number of anilines is 1. The fraction of sp³-hybridized carbons (Fsp3) is 0.412. The molecule has 1 aliphatic heterocycles. The van der Waals surface area contributed by atoms with Crippen LogP contribution in [0.2, 0.25) is 0 Å². The van der Waals surface area contributed by atoms with Crippen LogP contribution < -0.4 is 20.5 Å². The number of pyridine rings is 1. The molecule has 0 radical (unpaired) electrons. The molecule has 9 nitrogen and oxygen atoms in total. The first kappa shape index (κ1) is 21.8. The standard InChI is InChI=1S/C17H18F3N5O4S/c1-10-13(30-16(22-10)25-4-6-28-7-5-25)15(27)24-23-14(26)11-2-3-12(21-8-11)29-9-17(18,19)20/h2-3,8H,4-7,9H2,1H3,(H,23,26)(H,24,27). The lowest BCUT2D eigenvalue weighted by Crippen LogP contribution is -2.41. The van der Waals surface area contributed by atoms with Gasteiger partial charge in [0.25, 0.3) is 11.8 Å². The topological polar surface area (TPSA) is 106 Å². The molecule has 3 heterocycles. The summed E-state index contributed by atoms with van der Waals surface area (Å²) in [6, 6.07) is 2.36. The van der Waals surface area contributed by atoms with Crippen molar-refractivity contribution < 1.29 is 32.2 Å². The molecule has 0 aromatic carbocycles. The summed E-state index contributed by atoms with van der Waals surface area (Å²) < 4.78 is 46.2. The second kappa shape index (κ2) is 9.26. The van der Waals surface area contributed by atoms with Crippen molar-refractivity contribution >= 4 is 28.3 Å². The van der Waals surface area contributed by atoms with Crippen molar-refractivity contribution in [3.63, 3.8) is 0 Å². The van der Waals surface area contributed by atoms with Crippen molar-refractivity contribution in [2.24, 2.45) is 0 Å². The van der Waals surface area contributed by atoms with Gasteiger partial charge in [-0.25, -0.2) is 9.97 Å². The van der Waals surface area contributed by atoms with Gasteiger partial charge in [-0.15, -0.1) is 0 Å². The van der Waals surface area contributed by atoms with Gasteiger partial charge in [-0.05, 0) is 13.0 Å². The zero-order valence-electron chi connectivity index (χ0n) is 15.8. The van der Waals surface area contributed by atoms with Crippen LogP contribution in [-0.2, 0) is 4.74 Å². The Bertz CT molecular complexity index is 898. The van der Waals surface area contributed by atoms with E-state index in [1.54, 1.807) is 6.92 Å². The quantitative estimate of drug-likeness (QED) is 0.675. The van der Waals surface area contributed by atoms with Gasteiger partial charge in [-0.2, -0.15) is 13.2 Å². The molecule has 2 amide bonds. The summed E-state index contributed by atoms with van der Waals surface area (Å²) in [5.41, 5.74) is 5.09. The largest absolute Gasteiger partial charge is 0.468 e. The minimum absolute atomic E-state index is 0.0321. The maximum Gasteiger partial charge on any atom is 0.422 e. The molecule has 0 bridgehead atoms. The molecule has 0 spiro atoms. The SMILES string of the molecule is Cc1nc(N2CCOCC2)sc1C(=O)NNC(=O)c1ccc(OCC(F)(F)F)nc1. The molecular weight excluding hydrogens is 427 g/mol. The summed E-state index contributed by atoms with van der Waals surface area (Å²) >= 11 is 1.21. The van der Waals surface area contributed by atoms with Crippen LogP contribution >= 0.6 is 11.3 Å². The number of morpholine rings is 1. The number of rotatable bonds is 5. The van der Waals surface area contributed by atoms with E-state index in [-0.39, 0.29) is 11.4 Å². The number of thiazole rings is 1. The predicted octanol–water partition coefficient (Wildman–Crippen LogP) is 1.70. The second-order valence-electron chi connectivity index (χ2n) is 6.21. The molecule has 162 valence electrons. The molecule has 3 rings (SSSR count). The van der Waals surface area contributed by atoms with E-state index in [0.29, 0.717) is 42.0 Å². The zero-order valence-corrected chi connectivity index (χ0v) is 16.6. The van der Waals surface area contributed by atoms with Crippen LogP contribution in [0.15, 0.2) is 18.3 Å². The number of aryl methyl sites for hydroxylation is 1. The summed E-state index contributed by atoms with van der Waals surface area (Å²) in [7, 11) is 0. The maximum atomic E-state index is 12.4. The lowest BCUT2D eigenvalue weighted by molar-refractivity contribution is -0.154. The maximum absolute atomic E-state index is 12.4. The molecule has 1 fully saturated rings. The molecule has 0 aliphatic carbocycles. The number of halogens is 3. The Labute approximate surface area is 173 Å². The summed E-state index contributed by atoms with van der Waals surface area (Å²) in [5, 5.41) is 0.700. The van der Waals surface area contributed by atoms with Crippen LogP contribution in [0.3, 0.4) is 0 Å². The molecule has 1 saturated heterocycles. The van der Waals surface area contributed by atoms with E-state index in [2.05, 4.69) is 25.6 Å². The van der Waals surface area contributed by atoms with Crippen molar-refractivity contribution in [2.45, 2.75) is 13.1 Å². The van der Waals surface area contributed by atoms with Crippen molar-refractivity contribution in [3.8, 4) is 5.88 Å². The van der Waals surface area contributed by atoms with E-state index >= 15 is 0 Å². The summed E-state index contributed by atoms with van der Waals surface area (Å²) in [4.78, 5) is 34.9. The van der Waals surface area contributed by atoms with Crippen LogP contribution in [0.25, 0.3) is 0 Å². The third-order valence-corrected chi connectivity index (χ3v) is 5.16. The first-order valence-corrected chi connectivity index (χ1v) is 9.61. The van der Waals surface area contributed by atoms with E-state index in [4.69, 9.17) is 4.74 Å². The minimum atomic E-state index is -4.49. The van der Waals surface area contributed by atoms with E-state index in [0.717, 1.165) is 12.3 Å². The summed E-state index contributed by atoms with van der Waals surface area (Å²) in [5.74, 6) is -1.49. The number of carbonyl (C=O) groups excluding carboxylic acids is 2. The van der Waals surface area contributed by atoms with Gasteiger partial charge in [0.1, 0.15) is 4.88 Å². The summed E-state index contributed by atoms with van der Waals surface area (Å²) in [6.07, 6.45) is -3.44. The normalized spacial score (nSPS) is 14.3. The van der Waals surface area contributed by atoms with Gasteiger partial charge in [0.05, 0.1) is 24.5 Å². The molecule has 0 saturated carbocycles. The number of hydrogen-bond donors (Lipinski definition) is 2. The molecule has 0 atom stereocenters. The smallest absolute Gasteiger partial charge is 0.422 e. The number of aromatic nitrogens is 2. The lowest BCUT2D eigenvalue weighted by atomic mass is 10.3. The van der Waals surface area contributed by atoms with E-state index in [1.165, 1.54) is 17.4 Å². The fourth-order valence-electron chi connectivity index (χ4n) is 2.48. The number of carbonyl (C=O) groups is 2. The van der Waals surface area contributed by atoms with E-state index in [9.17, 15) is 22.8 Å². The van der Waals surface area contributed by atoms with Crippen molar-refractivity contribution in [3.05, 3.63) is 34.5 Å². The Morgan fingerprint density at radius 2 is 1.93 bits per heavy atom. The zero-order chi connectivity index (χ0) is 21.7. The average molecular weight is 445 g/mol. The molecule has 1 aliphatic rings. The van der Waals surface area contributed by atoms with Crippen LogP contribution in [-0.4, -0.2) is 60.9 Å². The van der Waals surface area contributed by atoms with E-state index in [1.807, 2.05) is 4.90 Å². The molecule has 0 unspecified atom stereocenters. The molecular formula is C17H18F3N5O4S. The third-order valence-electron chi connectivity index (χ3n) is 3.94. The Balaban J connectivity index is 1.54. The third kappa shape index (κ3) is 5.79. The van der Waals surface area contributed by atoms with Gasteiger partial charge in [0, 0.05) is 25.4 Å². The van der Waals surface area contributed by atoms with Gasteiger partial charge in [-0.3, -0.25) is 20.4 Å². The van der Waals surface area contributed by atoms with E-state index < -0.39 is 24.6 Å². The number of amides is 2. The molecule has 30 heavy (non-hydrogen) atoms. The average Bonchev–Trinajstić information content (AvgIpc) is 3.12. The highest BCUT2D eigenvalue weighted by Crippen LogP contribution is 2.26. The van der Waals surface area contributed by atoms with Crippen molar-refractivity contribution in [2.75, 3.05) is 37.8 Å². The highest BCUT2D eigenvalue weighted by Gasteiger charge is 2.28. The number of alkyl halides is 3. The number of ether oxygens (including phenoxy) is 2. The first-order valence-electron chi connectivity index (χ1n) is 8.79. The molecule has 13 heteroatoms. The Hall–Kier alpha value is -2.93. The Morgan fingerprint density at radius 1 is 1.23 bits per heavy atom. The minimum Gasteiger partial charge on any atom is -0.468 e. The molecule has 2 N–H and O–H groups in total. The number of nitrogens with one attached hydrogen (secondary N) is 2. The van der Waals surface area contributed by atoms with Crippen LogP contribution in [0.1, 0.15) is 25.7 Å².